The number of anilines is 2. The van der Waals surface area contributed by atoms with Crippen molar-refractivity contribution in [1.82, 2.24) is 14.8 Å². The monoisotopic (exact) mass is 273 g/mol. The van der Waals surface area contributed by atoms with Gasteiger partial charge >= 0.3 is 0 Å². The lowest BCUT2D eigenvalue weighted by atomic mass is 10.2. The van der Waals surface area contributed by atoms with Crippen molar-refractivity contribution in [3.63, 3.8) is 0 Å². The Morgan fingerprint density at radius 1 is 1.25 bits per heavy atom. The van der Waals surface area contributed by atoms with Gasteiger partial charge in [0.05, 0.1) is 6.54 Å². The summed E-state index contributed by atoms with van der Waals surface area (Å²) in [7, 11) is 0. The molecular formula is C15H23N5. The van der Waals surface area contributed by atoms with Crippen LogP contribution in [0.5, 0.6) is 0 Å². The van der Waals surface area contributed by atoms with E-state index in [1.807, 2.05) is 22.9 Å². The van der Waals surface area contributed by atoms with Crippen LogP contribution in [0.15, 0.2) is 30.6 Å². The van der Waals surface area contributed by atoms with Crippen LogP contribution >= 0.6 is 0 Å². The number of aromatic nitrogens is 3. The second-order valence-corrected chi connectivity index (χ2v) is 4.92. The Bertz CT molecular complexity index is 535. The number of hydrogen-bond acceptors (Lipinski definition) is 4. The van der Waals surface area contributed by atoms with Crippen LogP contribution in [0.2, 0.25) is 0 Å². The Kier molecular flexibility index (Phi) is 4.98. The van der Waals surface area contributed by atoms with Crippen molar-refractivity contribution in [2.75, 3.05) is 17.2 Å². The molecule has 1 aromatic heterocycles. The Hall–Kier alpha value is -2.04. The van der Waals surface area contributed by atoms with Gasteiger partial charge in [-0.3, -0.25) is 0 Å². The van der Waals surface area contributed by atoms with Crippen molar-refractivity contribution in [2.45, 2.75) is 39.8 Å². The summed E-state index contributed by atoms with van der Waals surface area (Å²) in [5.74, 6) is 1.00. The van der Waals surface area contributed by atoms with E-state index in [0.29, 0.717) is 0 Å². The van der Waals surface area contributed by atoms with Crippen molar-refractivity contribution in [1.29, 1.82) is 0 Å². The van der Waals surface area contributed by atoms with Crippen LogP contribution in [0.3, 0.4) is 0 Å². The summed E-state index contributed by atoms with van der Waals surface area (Å²) in [5, 5.41) is 4.28. The lowest BCUT2D eigenvalue weighted by Gasteiger charge is -2.24. The molecule has 0 aliphatic carbocycles. The highest BCUT2D eigenvalue weighted by Crippen LogP contribution is 2.19. The van der Waals surface area contributed by atoms with E-state index in [9.17, 15) is 0 Å². The van der Waals surface area contributed by atoms with Gasteiger partial charge in [-0.2, -0.15) is 5.10 Å². The summed E-state index contributed by atoms with van der Waals surface area (Å²) in [6.07, 6.45) is 3.77. The van der Waals surface area contributed by atoms with Gasteiger partial charge in [0.25, 0.3) is 0 Å². The molecule has 2 N–H and O–H groups in total. The highest BCUT2D eigenvalue weighted by atomic mass is 15.3. The van der Waals surface area contributed by atoms with E-state index >= 15 is 0 Å². The van der Waals surface area contributed by atoms with Crippen molar-refractivity contribution >= 4 is 11.4 Å². The first-order chi connectivity index (χ1) is 9.74. The van der Waals surface area contributed by atoms with Gasteiger partial charge in [-0.15, -0.1) is 0 Å². The number of nitrogen functional groups attached to an aromatic ring is 1. The Balaban J connectivity index is 2.18. The predicted octanol–water partition coefficient (Wildman–Crippen LogP) is 2.69. The molecule has 0 radical (unpaired) electrons. The van der Waals surface area contributed by atoms with Gasteiger partial charge in [-0.05, 0) is 31.0 Å². The zero-order valence-corrected chi connectivity index (χ0v) is 12.3. The third-order valence-corrected chi connectivity index (χ3v) is 3.19. The summed E-state index contributed by atoms with van der Waals surface area (Å²) in [6, 6.07) is 8.00. The third kappa shape index (κ3) is 3.50. The van der Waals surface area contributed by atoms with Gasteiger partial charge in [-0.1, -0.05) is 19.9 Å². The molecule has 0 saturated heterocycles. The Morgan fingerprint density at radius 3 is 2.80 bits per heavy atom. The molecule has 5 nitrogen and oxygen atoms in total. The van der Waals surface area contributed by atoms with E-state index in [0.717, 1.165) is 49.7 Å². The van der Waals surface area contributed by atoms with E-state index in [2.05, 4.69) is 34.9 Å². The minimum atomic E-state index is 0.761. The van der Waals surface area contributed by atoms with Gasteiger partial charge in [0, 0.05) is 24.5 Å². The Morgan fingerprint density at radius 2 is 2.10 bits per heavy atom. The molecule has 0 atom stereocenters. The van der Waals surface area contributed by atoms with Gasteiger partial charge in [-0.25, -0.2) is 9.67 Å². The molecule has 20 heavy (non-hydrogen) atoms. The summed E-state index contributed by atoms with van der Waals surface area (Å²) in [6.45, 7) is 6.97. The first-order valence-corrected chi connectivity index (χ1v) is 7.21. The molecule has 0 aliphatic heterocycles. The van der Waals surface area contributed by atoms with E-state index in [1.165, 1.54) is 0 Å². The molecule has 0 bridgehead atoms. The van der Waals surface area contributed by atoms with Crippen LogP contribution in [0.1, 0.15) is 32.5 Å². The maximum absolute atomic E-state index is 5.88. The third-order valence-electron chi connectivity index (χ3n) is 3.19. The zero-order valence-electron chi connectivity index (χ0n) is 12.3. The first kappa shape index (κ1) is 14.4. The number of benzene rings is 1. The SMILES string of the molecule is CCCN(Cc1ncnn1CCC)c1cccc(N)c1. The van der Waals surface area contributed by atoms with Gasteiger partial charge in [0.2, 0.25) is 0 Å². The smallest absolute Gasteiger partial charge is 0.146 e. The molecule has 0 saturated carbocycles. The summed E-state index contributed by atoms with van der Waals surface area (Å²) in [4.78, 5) is 6.68. The maximum atomic E-state index is 5.88. The molecule has 108 valence electrons. The van der Waals surface area contributed by atoms with Crippen LogP contribution in [-0.4, -0.2) is 21.3 Å². The van der Waals surface area contributed by atoms with Crippen LogP contribution in [-0.2, 0) is 13.1 Å². The molecule has 2 rings (SSSR count). The van der Waals surface area contributed by atoms with E-state index < -0.39 is 0 Å². The average molecular weight is 273 g/mol. The normalized spacial score (nSPS) is 10.7. The minimum absolute atomic E-state index is 0.761. The fourth-order valence-corrected chi connectivity index (χ4v) is 2.27. The molecule has 0 amide bonds. The molecule has 0 aliphatic rings. The first-order valence-electron chi connectivity index (χ1n) is 7.21. The molecule has 1 heterocycles. The number of hydrogen-bond donors (Lipinski definition) is 1. The van der Waals surface area contributed by atoms with E-state index in [-0.39, 0.29) is 0 Å². The maximum Gasteiger partial charge on any atom is 0.146 e. The number of nitrogens with two attached hydrogens (primary N) is 1. The van der Waals surface area contributed by atoms with Gasteiger partial charge in [0.1, 0.15) is 12.2 Å². The van der Waals surface area contributed by atoms with Gasteiger partial charge < -0.3 is 10.6 Å². The largest absolute Gasteiger partial charge is 0.399 e. The number of aryl methyl sites for hydroxylation is 1. The zero-order chi connectivity index (χ0) is 14.4. The minimum Gasteiger partial charge on any atom is -0.399 e. The summed E-state index contributed by atoms with van der Waals surface area (Å²) >= 11 is 0. The highest BCUT2D eigenvalue weighted by Gasteiger charge is 2.11. The van der Waals surface area contributed by atoms with Crippen molar-refractivity contribution < 1.29 is 0 Å². The lowest BCUT2D eigenvalue weighted by Crippen LogP contribution is -2.25. The summed E-state index contributed by atoms with van der Waals surface area (Å²) in [5.41, 5.74) is 7.81. The second-order valence-electron chi connectivity index (χ2n) is 4.92. The molecule has 0 spiro atoms. The van der Waals surface area contributed by atoms with Crippen LogP contribution < -0.4 is 10.6 Å². The van der Waals surface area contributed by atoms with E-state index in [1.54, 1.807) is 6.33 Å². The molecule has 2 aromatic rings. The standard InChI is InChI=1S/C15H23N5/c1-3-8-19(14-7-5-6-13(16)10-14)11-15-17-12-18-20(15)9-4-2/h5-7,10,12H,3-4,8-9,11,16H2,1-2H3. The quantitative estimate of drug-likeness (QED) is 0.788. The molecule has 0 fully saturated rings. The topological polar surface area (TPSA) is 60.0 Å². The Labute approximate surface area is 120 Å². The summed E-state index contributed by atoms with van der Waals surface area (Å²) < 4.78 is 1.98. The number of rotatable bonds is 7. The van der Waals surface area contributed by atoms with Crippen molar-refractivity contribution in [3.05, 3.63) is 36.4 Å². The molecule has 0 unspecified atom stereocenters. The van der Waals surface area contributed by atoms with Crippen LogP contribution in [0.4, 0.5) is 11.4 Å². The van der Waals surface area contributed by atoms with Crippen molar-refractivity contribution in [3.8, 4) is 0 Å². The fourth-order valence-electron chi connectivity index (χ4n) is 2.27. The lowest BCUT2D eigenvalue weighted by molar-refractivity contribution is 0.560. The van der Waals surface area contributed by atoms with Crippen LogP contribution in [0.25, 0.3) is 0 Å². The average Bonchev–Trinajstić information content (AvgIpc) is 2.86. The van der Waals surface area contributed by atoms with Gasteiger partial charge in [0.15, 0.2) is 0 Å². The predicted molar refractivity (Wildman–Crippen MR) is 82.5 cm³/mol. The van der Waals surface area contributed by atoms with Crippen LogP contribution in [0, 0.1) is 0 Å². The van der Waals surface area contributed by atoms with E-state index in [4.69, 9.17) is 5.73 Å². The fraction of sp³-hybridized carbons (Fsp3) is 0.467. The second kappa shape index (κ2) is 6.93. The molecule has 1 aromatic carbocycles. The molecule has 5 heteroatoms. The highest BCUT2D eigenvalue weighted by molar-refractivity contribution is 5.55. The van der Waals surface area contributed by atoms with Crippen molar-refractivity contribution in [2.24, 2.45) is 0 Å². The molecular weight excluding hydrogens is 250 g/mol. The number of nitrogens with zero attached hydrogens (tertiary/aromatic N) is 4.